The molecule has 0 spiro atoms. The van der Waals surface area contributed by atoms with Gasteiger partial charge in [-0.15, -0.1) is 0 Å². The highest BCUT2D eigenvalue weighted by Gasteiger charge is 2.29. The molecule has 1 unspecified atom stereocenters. The average Bonchev–Trinajstić information content (AvgIpc) is 2.83. The van der Waals surface area contributed by atoms with E-state index in [0.717, 1.165) is 24.0 Å². The number of aryl methyl sites for hydroxylation is 1. The van der Waals surface area contributed by atoms with E-state index in [1.54, 1.807) is 12.1 Å². The van der Waals surface area contributed by atoms with Gasteiger partial charge in [0.05, 0.1) is 11.5 Å². The van der Waals surface area contributed by atoms with Crippen LogP contribution in [0.5, 0.6) is 0 Å². The Morgan fingerprint density at radius 3 is 2.35 bits per heavy atom. The van der Waals surface area contributed by atoms with E-state index in [0.29, 0.717) is 13.0 Å². The van der Waals surface area contributed by atoms with Gasteiger partial charge in [-0.1, -0.05) is 67.8 Å². The number of amides is 2. The first-order chi connectivity index (χ1) is 16.3. The Balaban J connectivity index is 2.03. The monoisotopic (exact) mass is 489 g/mol. The van der Waals surface area contributed by atoms with Gasteiger partial charge in [0.25, 0.3) is 0 Å². The van der Waals surface area contributed by atoms with Crippen molar-refractivity contribution < 1.29 is 23.1 Å². The number of hydrogen-bond acceptors (Lipinski definition) is 5. The Labute approximate surface area is 202 Å². The van der Waals surface area contributed by atoms with E-state index in [4.69, 9.17) is 0 Å². The van der Waals surface area contributed by atoms with Gasteiger partial charge in [0, 0.05) is 26.1 Å². The number of sulfonamides is 1. The van der Waals surface area contributed by atoms with Gasteiger partial charge < -0.3 is 15.3 Å². The third-order valence-corrected chi connectivity index (χ3v) is 6.92. The smallest absolute Gasteiger partial charge is 0.243 e. The fourth-order valence-electron chi connectivity index (χ4n) is 3.53. The van der Waals surface area contributed by atoms with Gasteiger partial charge in [-0.2, -0.15) is 0 Å². The van der Waals surface area contributed by atoms with Crippen LogP contribution < -0.4 is 10.0 Å². The molecule has 0 bridgehead atoms. The van der Waals surface area contributed by atoms with Crippen LogP contribution in [0.4, 0.5) is 0 Å². The summed E-state index contributed by atoms with van der Waals surface area (Å²) in [6.45, 7) is 3.79. The summed E-state index contributed by atoms with van der Waals surface area (Å²) in [5.74, 6) is -0.684. The summed E-state index contributed by atoms with van der Waals surface area (Å²) in [6.07, 6.45) is 1.91. The molecule has 2 aromatic carbocycles. The van der Waals surface area contributed by atoms with E-state index in [1.807, 2.05) is 44.2 Å². The normalized spacial score (nSPS) is 12.2. The van der Waals surface area contributed by atoms with Gasteiger partial charge in [0.1, 0.15) is 6.04 Å². The largest absolute Gasteiger partial charge is 0.395 e. The van der Waals surface area contributed by atoms with Crippen LogP contribution in [0.1, 0.15) is 43.7 Å². The molecular weight excluding hydrogens is 454 g/mol. The summed E-state index contributed by atoms with van der Waals surface area (Å²) in [4.78, 5) is 27.5. The van der Waals surface area contributed by atoms with Gasteiger partial charge in [-0.25, -0.2) is 13.1 Å². The maximum absolute atomic E-state index is 13.0. The van der Waals surface area contributed by atoms with E-state index in [9.17, 15) is 23.1 Å². The van der Waals surface area contributed by atoms with Crippen LogP contribution in [0.25, 0.3) is 0 Å². The molecule has 2 amide bonds. The number of nitrogens with one attached hydrogen (secondary N) is 2. The summed E-state index contributed by atoms with van der Waals surface area (Å²) < 4.78 is 27.4. The van der Waals surface area contributed by atoms with Crippen LogP contribution in [-0.4, -0.2) is 56.0 Å². The van der Waals surface area contributed by atoms with Crippen molar-refractivity contribution in [3.8, 4) is 0 Å². The number of rotatable bonds is 14. The Bertz CT molecular complexity index is 1010. The lowest BCUT2D eigenvalue weighted by Crippen LogP contribution is -2.51. The number of aliphatic hydroxyl groups excluding tert-OH is 1. The maximum Gasteiger partial charge on any atom is 0.243 e. The molecule has 8 nitrogen and oxygen atoms in total. The highest BCUT2D eigenvalue weighted by Crippen LogP contribution is 2.13. The van der Waals surface area contributed by atoms with Crippen molar-refractivity contribution in [3.63, 3.8) is 0 Å². The second kappa shape index (κ2) is 13.8. The number of hydrogen-bond donors (Lipinski definition) is 3. The first kappa shape index (κ1) is 27.5. The summed E-state index contributed by atoms with van der Waals surface area (Å²) in [5, 5.41) is 12.4. The lowest BCUT2D eigenvalue weighted by molar-refractivity contribution is -0.141. The number of aliphatic hydroxyl groups is 1. The summed E-state index contributed by atoms with van der Waals surface area (Å²) >= 11 is 0. The minimum atomic E-state index is -3.75. The standard InChI is InChI=1S/C25H35N3O5S/c1-3-4-10-23(25(31)26-19-21-8-6-5-7-9-21)28(17-18-29)24(30)15-16-27-34(32,33)22-13-11-20(2)12-14-22/h5-9,11-14,23,27,29H,3-4,10,15-19H2,1-2H3,(H,26,31). The van der Waals surface area contributed by atoms with Crippen LogP contribution in [0.2, 0.25) is 0 Å². The Hall–Kier alpha value is -2.75. The van der Waals surface area contributed by atoms with Crippen molar-refractivity contribution in [1.29, 1.82) is 0 Å². The maximum atomic E-state index is 13.0. The first-order valence-corrected chi connectivity index (χ1v) is 13.0. The van der Waals surface area contributed by atoms with Gasteiger partial charge in [0.2, 0.25) is 21.8 Å². The number of benzene rings is 2. The van der Waals surface area contributed by atoms with Crippen molar-refractivity contribution >= 4 is 21.8 Å². The summed E-state index contributed by atoms with van der Waals surface area (Å²) in [7, 11) is -3.75. The molecule has 0 aromatic heterocycles. The zero-order valence-electron chi connectivity index (χ0n) is 19.9. The van der Waals surface area contributed by atoms with Crippen LogP contribution in [0, 0.1) is 6.92 Å². The van der Waals surface area contributed by atoms with E-state index in [-0.39, 0.29) is 36.9 Å². The molecule has 2 rings (SSSR count). The van der Waals surface area contributed by atoms with Crippen LogP contribution in [0.15, 0.2) is 59.5 Å². The fourth-order valence-corrected chi connectivity index (χ4v) is 4.56. The van der Waals surface area contributed by atoms with Gasteiger partial charge in [-0.3, -0.25) is 9.59 Å². The number of nitrogens with zero attached hydrogens (tertiary/aromatic N) is 1. The summed E-state index contributed by atoms with van der Waals surface area (Å²) in [5.41, 5.74) is 1.88. The molecule has 0 aliphatic heterocycles. The molecule has 0 radical (unpaired) electrons. The van der Waals surface area contributed by atoms with Crippen LogP contribution in [-0.2, 0) is 26.2 Å². The zero-order valence-corrected chi connectivity index (χ0v) is 20.7. The van der Waals surface area contributed by atoms with Crippen LogP contribution >= 0.6 is 0 Å². The Kier molecular flexibility index (Phi) is 11.2. The van der Waals surface area contributed by atoms with E-state index >= 15 is 0 Å². The fraction of sp³-hybridized carbons (Fsp3) is 0.440. The van der Waals surface area contributed by atoms with E-state index < -0.39 is 22.0 Å². The summed E-state index contributed by atoms with van der Waals surface area (Å²) in [6, 6.07) is 15.1. The third kappa shape index (κ3) is 8.55. The van der Waals surface area contributed by atoms with Gasteiger partial charge >= 0.3 is 0 Å². The third-order valence-electron chi connectivity index (χ3n) is 5.44. The minimum Gasteiger partial charge on any atom is -0.395 e. The molecule has 1 atom stereocenters. The molecule has 0 aliphatic carbocycles. The molecule has 34 heavy (non-hydrogen) atoms. The second-order valence-corrected chi connectivity index (χ2v) is 9.90. The second-order valence-electron chi connectivity index (χ2n) is 8.13. The molecule has 186 valence electrons. The molecule has 0 fully saturated rings. The van der Waals surface area contributed by atoms with Crippen molar-refractivity contribution in [2.45, 2.75) is 57.0 Å². The predicted molar refractivity (Wildman–Crippen MR) is 131 cm³/mol. The quantitative estimate of drug-likeness (QED) is 0.377. The SMILES string of the molecule is CCCCC(C(=O)NCc1ccccc1)N(CCO)C(=O)CCNS(=O)(=O)c1ccc(C)cc1. The Morgan fingerprint density at radius 2 is 1.74 bits per heavy atom. The average molecular weight is 490 g/mol. The topological polar surface area (TPSA) is 116 Å². The molecule has 0 aliphatic rings. The minimum absolute atomic E-state index is 0.00329. The van der Waals surface area contributed by atoms with Gasteiger partial charge in [-0.05, 0) is 31.0 Å². The van der Waals surface area contributed by atoms with Crippen molar-refractivity contribution in [2.24, 2.45) is 0 Å². The molecule has 0 saturated carbocycles. The zero-order chi connectivity index (χ0) is 25.0. The van der Waals surface area contributed by atoms with Crippen molar-refractivity contribution in [3.05, 3.63) is 65.7 Å². The predicted octanol–water partition coefficient (Wildman–Crippen LogP) is 2.36. The van der Waals surface area contributed by atoms with Gasteiger partial charge in [0.15, 0.2) is 0 Å². The van der Waals surface area contributed by atoms with Crippen LogP contribution in [0.3, 0.4) is 0 Å². The lowest BCUT2D eigenvalue weighted by atomic mass is 10.1. The highest BCUT2D eigenvalue weighted by atomic mass is 32.2. The lowest BCUT2D eigenvalue weighted by Gasteiger charge is -2.31. The highest BCUT2D eigenvalue weighted by molar-refractivity contribution is 7.89. The van der Waals surface area contributed by atoms with Crippen molar-refractivity contribution in [1.82, 2.24) is 14.9 Å². The van der Waals surface area contributed by atoms with E-state index in [1.165, 1.54) is 17.0 Å². The Morgan fingerprint density at radius 1 is 1.06 bits per heavy atom. The molecule has 2 aromatic rings. The first-order valence-electron chi connectivity index (χ1n) is 11.6. The number of carbonyl (C=O) groups is 2. The van der Waals surface area contributed by atoms with E-state index in [2.05, 4.69) is 10.0 Å². The molecular formula is C25H35N3O5S. The molecule has 9 heteroatoms. The molecule has 3 N–H and O–H groups in total. The van der Waals surface area contributed by atoms with Crippen molar-refractivity contribution in [2.75, 3.05) is 19.7 Å². The molecule has 0 saturated heterocycles. The molecule has 0 heterocycles. The number of unbranched alkanes of at least 4 members (excludes halogenated alkanes) is 1. The number of carbonyl (C=O) groups excluding carboxylic acids is 2.